The minimum Gasteiger partial charge on any atom is -0.320 e. The maximum atomic E-state index is 12.2. The van der Waals surface area contributed by atoms with Crippen LogP contribution in [0.4, 0.5) is 11.5 Å². The molecule has 0 aliphatic carbocycles. The molecular formula is C12H12BrN5O. The summed E-state index contributed by atoms with van der Waals surface area (Å²) in [5.74, 6) is 5.34. The highest BCUT2D eigenvalue weighted by Gasteiger charge is 2.14. The van der Waals surface area contributed by atoms with Gasteiger partial charge in [0, 0.05) is 16.9 Å². The third kappa shape index (κ3) is 3.07. The van der Waals surface area contributed by atoms with Crippen LogP contribution in [0.1, 0.15) is 15.9 Å². The zero-order valence-electron chi connectivity index (χ0n) is 10.1. The molecule has 0 atom stereocenters. The fraction of sp³-hybridized carbons (Fsp3) is 0.0833. The highest BCUT2D eigenvalue weighted by atomic mass is 79.9. The Morgan fingerprint density at radius 2 is 2.21 bits per heavy atom. The summed E-state index contributed by atoms with van der Waals surface area (Å²) in [6.07, 6.45) is 4.81. The number of aryl methyl sites for hydroxylation is 1. The van der Waals surface area contributed by atoms with Crippen LogP contribution in [-0.4, -0.2) is 15.9 Å². The van der Waals surface area contributed by atoms with E-state index < -0.39 is 0 Å². The number of nitrogens with two attached hydrogens (primary N) is 1. The number of hydrazine groups is 1. The number of nitrogens with zero attached hydrogens (tertiary/aromatic N) is 2. The topological polar surface area (TPSA) is 92.9 Å². The van der Waals surface area contributed by atoms with Crippen molar-refractivity contribution in [3.05, 3.63) is 46.3 Å². The van der Waals surface area contributed by atoms with Gasteiger partial charge in [-0.25, -0.2) is 10.8 Å². The van der Waals surface area contributed by atoms with Crippen molar-refractivity contribution in [3.8, 4) is 0 Å². The van der Waals surface area contributed by atoms with Gasteiger partial charge in [0.2, 0.25) is 0 Å². The molecule has 0 fully saturated rings. The second-order valence-electron chi connectivity index (χ2n) is 3.84. The molecular weight excluding hydrogens is 310 g/mol. The lowest BCUT2D eigenvalue weighted by Crippen LogP contribution is -2.18. The molecule has 0 aromatic carbocycles. The Kier molecular flexibility index (Phi) is 4.08. The summed E-state index contributed by atoms with van der Waals surface area (Å²) in [4.78, 5) is 20.2. The second-order valence-corrected chi connectivity index (χ2v) is 4.75. The van der Waals surface area contributed by atoms with E-state index in [0.29, 0.717) is 21.5 Å². The van der Waals surface area contributed by atoms with Gasteiger partial charge in [0.25, 0.3) is 5.91 Å². The molecule has 2 rings (SSSR count). The first-order chi connectivity index (χ1) is 9.11. The lowest BCUT2D eigenvalue weighted by atomic mass is 10.2. The Bertz CT molecular complexity index is 617. The molecule has 0 bridgehead atoms. The molecule has 0 radical (unpaired) electrons. The van der Waals surface area contributed by atoms with Crippen LogP contribution in [0.5, 0.6) is 0 Å². The lowest BCUT2D eigenvalue weighted by molar-refractivity contribution is 0.102. The van der Waals surface area contributed by atoms with E-state index in [-0.39, 0.29) is 5.91 Å². The Morgan fingerprint density at radius 3 is 2.89 bits per heavy atom. The summed E-state index contributed by atoms with van der Waals surface area (Å²) in [5, 5.41) is 2.77. The number of halogens is 1. The van der Waals surface area contributed by atoms with E-state index in [0.717, 1.165) is 5.56 Å². The number of anilines is 2. The summed E-state index contributed by atoms with van der Waals surface area (Å²) < 4.78 is 0.694. The first kappa shape index (κ1) is 13.4. The van der Waals surface area contributed by atoms with Gasteiger partial charge >= 0.3 is 0 Å². The molecule has 0 unspecified atom stereocenters. The van der Waals surface area contributed by atoms with Crippen LogP contribution in [0.15, 0.2) is 35.2 Å². The van der Waals surface area contributed by atoms with Crippen molar-refractivity contribution in [1.29, 1.82) is 0 Å². The van der Waals surface area contributed by atoms with E-state index in [1.165, 1.54) is 0 Å². The first-order valence-electron chi connectivity index (χ1n) is 5.46. The highest BCUT2D eigenvalue weighted by molar-refractivity contribution is 9.10. The number of nitrogens with one attached hydrogen (secondary N) is 2. The molecule has 98 valence electrons. The van der Waals surface area contributed by atoms with Crippen LogP contribution in [0.2, 0.25) is 0 Å². The van der Waals surface area contributed by atoms with Crippen LogP contribution < -0.4 is 16.6 Å². The fourth-order valence-corrected chi connectivity index (χ4v) is 1.84. The lowest BCUT2D eigenvalue weighted by Gasteiger charge is -2.10. The number of hydrogen-bond acceptors (Lipinski definition) is 5. The number of hydrogen-bond donors (Lipinski definition) is 3. The van der Waals surface area contributed by atoms with E-state index in [1.54, 1.807) is 24.7 Å². The number of aromatic nitrogens is 2. The van der Waals surface area contributed by atoms with Gasteiger partial charge < -0.3 is 10.7 Å². The quantitative estimate of drug-likeness (QED) is 0.594. The van der Waals surface area contributed by atoms with Crippen LogP contribution in [0.25, 0.3) is 0 Å². The van der Waals surface area contributed by atoms with Crippen molar-refractivity contribution in [2.24, 2.45) is 5.84 Å². The SMILES string of the molecule is Cc1ccncc1NC(=O)c1cc(Br)cnc1NN. The Labute approximate surface area is 118 Å². The fourth-order valence-electron chi connectivity index (χ4n) is 1.51. The predicted molar refractivity (Wildman–Crippen MR) is 76.7 cm³/mol. The molecule has 2 aromatic rings. The van der Waals surface area contributed by atoms with Crippen molar-refractivity contribution in [3.63, 3.8) is 0 Å². The number of carbonyl (C=O) groups excluding carboxylic acids is 1. The Balaban J connectivity index is 2.30. The van der Waals surface area contributed by atoms with Gasteiger partial charge in [-0.1, -0.05) is 0 Å². The molecule has 4 N–H and O–H groups in total. The summed E-state index contributed by atoms with van der Waals surface area (Å²) >= 11 is 3.27. The summed E-state index contributed by atoms with van der Waals surface area (Å²) in [6.45, 7) is 1.89. The monoisotopic (exact) mass is 321 g/mol. The maximum absolute atomic E-state index is 12.2. The molecule has 0 aliphatic heterocycles. The van der Waals surface area contributed by atoms with E-state index >= 15 is 0 Å². The van der Waals surface area contributed by atoms with E-state index in [1.807, 2.05) is 13.0 Å². The summed E-state index contributed by atoms with van der Waals surface area (Å²) in [5.41, 5.74) is 4.32. The van der Waals surface area contributed by atoms with Gasteiger partial charge in [-0.3, -0.25) is 9.78 Å². The van der Waals surface area contributed by atoms with Gasteiger partial charge in [0.05, 0.1) is 17.4 Å². The number of nitrogen functional groups attached to an aromatic ring is 1. The minimum atomic E-state index is -0.308. The highest BCUT2D eigenvalue weighted by Crippen LogP contribution is 2.19. The molecule has 0 saturated heterocycles. The molecule has 0 aliphatic rings. The van der Waals surface area contributed by atoms with Crippen LogP contribution >= 0.6 is 15.9 Å². The molecule has 2 heterocycles. The van der Waals surface area contributed by atoms with Crippen molar-refractivity contribution in [1.82, 2.24) is 9.97 Å². The van der Waals surface area contributed by atoms with Crippen LogP contribution in [0, 0.1) is 6.92 Å². The number of rotatable bonds is 3. The number of pyridine rings is 2. The average molecular weight is 322 g/mol. The van der Waals surface area contributed by atoms with Gasteiger partial charge in [0.15, 0.2) is 5.82 Å². The molecule has 0 saturated carbocycles. The molecule has 6 nitrogen and oxygen atoms in total. The molecule has 2 aromatic heterocycles. The van der Waals surface area contributed by atoms with Crippen LogP contribution in [0.3, 0.4) is 0 Å². The molecule has 0 spiro atoms. The van der Waals surface area contributed by atoms with E-state index in [4.69, 9.17) is 5.84 Å². The number of amides is 1. The Morgan fingerprint density at radius 1 is 1.42 bits per heavy atom. The zero-order chi connectivity index (χ0) is 13.8. The molecule has 19 heavy (non-hydrogen) atoms. The standard InChI is InChI=1S/C12H12BrN5O/c1-7-2-3-15-6-10(7)17-12(19)9-4-8(13)5-16-11(9)18-14/h2-6H,14H2,1H3,(H,16,18)(H,17,19). The Hall–Kier alpha value is -1.99. The first-order valence-corrected chi connectivity index (χ1v) is 6.25. The van der Waals surface area contributed by atoms with Crippen molar-refractivity contribution < 1.29 is 4.79 Å². The zero-order valence-corrected chi connectivity index (χ0v) is 11.7. The summed E-state index contributed by atoms with van der Waals surface area (Å²) in [6, 6.07) is 3.46. The van der Waals surface area contributed by atoms with Gasteiger partial charge in [-0.15, -0.1) is 0 Å². The van der Waals surface area contributed by atoms with E-state index in [9.17, 15) is 4.79 Å². The van der Waals surface area contributed by atoms with Crippen molar-refractivity contribution in [2.45, 2.75) is 6.92 Å². The second kappa shape index (κ2) is 5.77. The third-order valence-electron chi connectivity index (χ3n) is 2.52. The summed E-state index contributed by atoms with van der Waals surface area (Å²) in [7, 11) is 0. The smallest absolute Gasteiger partial charge is 0.259 e. The van der Waals surface area contributed by atoms with Gasteiger partial charge in [0.1, 0.15) is 0 Å². The third-order valence-corrected chi connectivity index (χ3v) is 2.96. The largest absolute Gasteiger partial charge is 0.320 e. The average Bonchev–Trinajstić information content (AvgIpc) is 2.41. The molecule has 1 amide bonds. The van der Waals surface area contributed by atoms with Crippen molar-refractivity contribution in [2.75, 3.05) is 10.7 Å². The van der Waals surface area contributed by atoms with E-state index in [2.05, 4.69) is 36.6 Å². The predicted octanol–water partition coefficient (Wildman–Crippen LogP) is 2.09. The van der Waals surface area contributed by atoms with Gasteiger partial charge in [-0.2, -0.15) is 0 Å². The number of carbonyl (C=O) groups is 1. The van der Waals surface area contributed by atoms with Gasteiger partial charge in [-0.05, 0) is 40.5 Å². The minimum absolute atomic E-state index is 0.308. The van der Waals surface area contributed by atoms with Crippen LogP contribution in [-0.2, 0) is 0 Å². The normalized spacial score (nSPS) is 10.1. The van der Waals surface area contributed by atoms with Crippen molar-refractivity contribution >= 4 is 33.3 Å². The molecule has 7 heteroatoms. The maximum Gasteiger partial charge on any atom is 0.259 e.